The summed E-state index contributed by atoms with van der Waals surface area (Å²) in [4.78, 5) is 0. The molecule has 0 radical (unpaired) electrons. The monoisotopic (exact) mass is 168 g/mol. The number of aliphatic hydroxyl groups excluding tert-OH is 1. The highest BCUT2D eigenvalue weighted by Crippen LogP contribution is 2.03. The average Bonchev–Trinajstić information content (AvgIpc) is 2.26. The van der Waals surface area contributed by atoms with Crippen molar-refractivity contribution in [2.75, 3.05) is 0 Å². The van der Waals surface area contributed by atoms with E-state index >= 15 is 0 Å². The van der Waals surface area contributed by atoms with Gasteiger partial charge in [0.25, 0.3) is 0 Å². The second-order valence-electron chi connectivity index (χ2n) is 3.29. The van der Waals surface area contributed by atoms with Crippen LogP contribution in [-0.4, -0.2) is 21.0 Å². The average molecular weight is 168 g/mol. The smallest absolute Gasteiger partial charge is 0.0596 e. The minimum Gasteiger partial charge on any atom is -0.393 e. The lowest BCUT2D eigenvalue weighted by molar-refractivity contribution is 0.176. The van der Waals surface area contributed by atoms with Crippen LogP contribution in [0.1, 0.15) is 24.7 Å². The number of aliphatic hydroxyl groups is 1. The number of rotatable bonds is 3. The first-order chi connectivity index (χ1) is 5.59. The summed E-state index contributed by atoms with van der Waals surface area (Å²) in [6, 6.07) is 2.04. The van der Waals surface area contributed by atoms with Gasteiger partial charge in [-0.25, -0.2) is 0 Å². The minimum absolute atomic E-state index is 0.242. The van der Waals surface area contributed by atoms with Gasteiger partial charge in [-0.05, 0) is 33.3 Å². The zero-order valence-corrected chi connectivity index (χ0v) is 7.91. The van der Waals surface area contributed by atoms with Crippen LogP contribution in [0.25, 0.3) is 0 Å². The van der Waals surface area contributed by atoms with Gasteiger partial charge in [-0.2, -0.15) is 5.10 Å². The lowest BCUT2D eigenvalue weighted by atomic mass is 10.3. The van der Waals surface area contributed by atoms with Crippen LogP contribution in [0.5, 0.6) is 0 Å². The lowest BCUT2D eigenvalue weighted by Crippen LogP contribution is -2.09. The van der Waals surface area contributed by atoms with E-state index in [0.29, 0.717) is 0 Å². The van der Waals surface area contributed by atoms with Crippen molar-refractivity contribution in [3.05, 3.63) is 17.5 Å². The zero-order chi connectivity index (χ0) is 9.14. The van der Waals surface area contributed by atoms with Crippen molar-refractivity contribution >= 4 is 0 Å². The van der Waals surface area contributed by atoms with Crippen LogP contribution in [0.3, 0.4) is 0 Å². The van der Waals surface area contributed by atoms with E-state index in [-0.39, 0.29) is 6.10 Å². The number of hydrogen-bond donors (Lipinski definition) is 1. The summed E-state index contributed by atoms with van der Waals surface area (Å²) in [5.41, 5.74) is 2.20. The summed E-state index contributed by atoms with van der Waals surface area (Å²) in [5.74, 6) is 0. The summed E-state index contributed by atoms with van der Waals surface area (Å²) in [5, 5.41) is 13.4. The van der Waals surface area contributed by atoms with E-state index in [1.807, 2.05) is 24.6 Å². The molecule has 68 valence electrons. The van der Waals surface area contributed by atoms with E-state index in [1.54, 1.807) is 6.92 Å². The van der Waals surface area contributed by atoms with Crippen molar-refractivity contribution in [1.29, 1.82) is 0 Å². The molecule has 0 amide bonds. The van der Waals surface area contributed by atoms with Crippen LogP contribution < -0.4 is 0 Å². The number of nitrogens with zero attached hydrogens (tertiary/aromatic N) is 2. The van der Waals surface area contributed by atoms with Crippen molar-refractivity contribution in [3.63, 3.8) is 0 Å². The Bertz CT molecular complexity index is 253. The normalized spacial score (nSPS) is 13.3. The van der Waals surface area contributed by atoms with Gasteiger partial charge in [0.05, 0.1) is 11.8 Å². The fraction of sp³-hybridized carbons (Fsp3) is 0.667. The molecule has 0 aromatic carbocycles. The van der Waals surface area contributed by atoms with Crippen LogP contribution in [0.2, 0.25) is 0 Å². The Hall–Kier alpha value is -0.830. The predicted octanol–water partition coefficient (Wildman–Crippen LogP) is 1.27. The van der Waals surface area contributed by atoms with Gasteiger partial charge < -0.3 is 5.11 Å². The van der Waals surface area contributed by atoms with Gasteiger partial charge in [-0.15, -0.1) is 0 Å². The molecule has 1 aromatic heterocycles. The molecule has 3 heteroatoms. The highest BCUT2D eigenvalue weighted by atomic mass is 16.3. The summed E-state index contributed by atoms with van der Waals surface area (Å²) < 4.78 is 1.93. The Kier molecular flexibility index (Phi) is 2.87. The molecule has 0 spiro atoms. The third-order valence-corrected chi connectivity index (χ3v) is 1.86. The second kappa shape index (κ2) is 3.72. The molecule has 1 aromatic rings. The molecule has 1 rings (SSSR count). The van der Waals surface area contributed by atoms with Crippen molar-refractivity contribution in [3.8, 4) is 0 Å². The maximum absolute atomic E-state index is 9.07. The van der Waals surface area contributed by atoms with E-state index in [9.17, 15) is 0 Å². The molecule has 1 unspecified atom stereocenters. The molecule has 0 aliphatic rings. The molecule has 0 fully saturated rings. The SMILES string of the molecule is Cc1cc(C)n(CCC(C)O)n1. The highest BCUT2D eigenvalue weighted by Gasteiger charge is 2.01. The first-order valence-electron chi connectivity index (χ1n) is 4.28. The van der Waals surface area contributed by atoms with Gasteiger partial charge in [0, 0.05) is 12.2 Å². The van der Waals surface area contributed by atoms with Crippen LogP contribution in [0.4, 0.5) is 0 Å². The Labute approximate surface area is 73.0 Å². The molecular formula is C9H16N2O. The second-order valence-corrected chi connectivity index (χ2v) is 3.29. The number of aromatic nitrogens is 2. The van der Waals surface area contributed by atoms with Gasteiger partial charge >= 0.3 is 0 Å². The van der Waals surface area contributed by atoms with E-state index in [2.05, 4.69) is 5.10 Å². The first-order valence-corrected chi connectivity index (χ1v) is 4.28. The molecule has 0 aliphatic carbocycles. The van der Waals surface area contributed by atoms with Crippen molar-refractivity contribution < 1.29 is 5.11 Å². The molecule has 1 N–H and O–H groups in total. The van der Waals surface area contributed by atoms with E-state index < -0.39 is 0 Å². The molecule has 0 saturated heterocycles. The maximum atomic E-state index is 9.07. The molecule has 3 nitrogen and oxygen atoms in total. The van der Waals surface area contributed by atoms with Crippen LogP contribution >= 0.6 is 0 Å². The van der Waals surface area contributed by atoms with Crippen molar-refractivity contribution in [2.24, 2.45) is 0 Å². The van der Waals surface area contributed by atoms with E-state index in [0.717, 1.165) is 24.4 Å². The first kappa shape index (κ1) is 9.26. The van der Waals surface area contributed by atoms with Crippen LogP contribution in [0, 0.1) is 13.8 Å². The quantitative estimate of drug-likeness (QED) is 0.738. The van der Waals surface area contributed by atoms with Crippen molar-refractivity contribution in [2.45, 2.75) is 39.8 Å². The molecule has 0 saturated carbocycles. The lowest BCUT2D eigenvalue weighted by Gasteiger charge is -2.05. The Morgan fingerprint density at radius 3 is 2.67 bits per heavy atom. The highest BCUT2D eigenvalue weighted by molar-refractivity contribution is 5.06. The molecule has 0 aliphatic heterocycles. The topological polar surface area (TPSA) is 38.0 Å². The summed E-state index contributed by atoms with van der Waals surface area (Å²) in [7, 11) is 0. The fourth-order valence-electron chi connectivity index (χ4n) is 1.21. The van der Waals surface area contributed by atoms with Gasteiger partial charge in [-0.1, -0.05) is 0 Å². The predicted molar refractivity (Wildman–Crippen MR) is 48.0 cm³/mol. The van der Waals surface area contributed by atoms with Gasteiger partial charge in [-0.3, -0.25) is 4.68 Å². The molecule has 0 bridgehead atoms. The minimum atomic E-state index is -0.242. The third-order valence-electron chi connectivity index (χ3n) is 1.86. The molecule has 1 atom stereocenters. The van der Waals surface area contributed by atoms with Crippen molar-refractivity contribution in [1.82, 2.24) is 9.78 Å². The molecular weight excluding hydrogens is 152 g/mol. The van der Waals surface area contributed by atoms with Crippen LogP contribution in [0.15, 0.2) is 6.07 Å². The standard InChI is InChI=1S/C9H16N2O/c1-7-6-8(2)11(10-7)5-4-9(3)12/h6,9,12H,4-5H2,1-3H3. The van der Waals surface area contributed by atoms with E-state index in [1.165, 1.54) is 0 Å². The number of aryl methyl sites for hydroxylation is 3. The molecule has 1 heterocycles. The van der Waals surface area contributed by atoms with Gasteiger partial charge in [0.2, 0.25) is 0 Å². The third kappa shape index (κ3) is 2.34. The Morgan fingerprint density at radius 2 is 2.25 bits per heavy atom. The van der Waals surface area contributed by atoms with Crippen LogP contribution in [-0.2, 0) is 6.54 Å². The van der Waals surface area contributed by atoms with Gasteiger partial charge in [0.1, 0.15) is 0 Å². The summed E-state index contributed by atoms with van der Waals surface area (Å²) >= 11 is 0. The maximum Gasteiger partial charge on any atom is 0.0596 e. The Balaban J connectivity index is 2.57. The zero-order valence-electron chi connectivity index (χ0n) is 7.91. The number of hydrogen-bond acceptors (Lipinski definition) is 2. The summed E-state index contributed by atoms with van der Waals surface area (Å²) in [6.07, 6.45) is 0.524. The largest absolute Gasteiger partial charge is 0.393 e. The van der Waals surface area contributed by atoms with Gasteiger partial charge in [0.15, 0.2) is 0 Å². The Morgan fingerprint density at radius 1 is 1.58 bits per heavy atom. The molecule has 12 heavy (non-hydrogen) atoms. The fourth-order valence-corrected chi connectivity index (χ4v) is 1.21. The summed E-state index contributed by atoms with van der Waals surface area (Å²) in [6.45, 7) is 6.61. The van der Waals surface area contributed by atoms with E-state index in [4.69, 9.17) is 5.11 Å².